The zero-order chi connectivity index (χ0) is 13.0. The number of nitro benzene ring substituents is 1. The van der Waals surface area contributed by atoms with E-state index in [-0.39, 0.29) is 5.69 Å². The number of non-ortho nitro benzene ring substituents is 1. The molecule has 18 heavy (non-hydrogen) atoms. The van der Waals surface area contributed by atoms with Crippen molar-refractivity contribution < 1.29 is 9.66 Å². The minimum Gasteiger partial charge on any atom is -0.457 e. The molecule has 0 saturated heterocycles. The lowest BCUT2D eigenvalue weighted by Gasteiger charge is -2.05. The standard InChI is InChI=1S/C14H12NO3/c1-2-11-3-7-13(8-4-11)18-14-9-5-12(6-10-14)15(16)17/h2-10H,1H3. The molecule has 2 aromatic carbocycles. The molecule has 0 fully saturated rings. The summed E-state index contributed by atoms with van der Waals surface area (Å²) in [5.41, 5.74) is 1.17. The van der Waals surface area contributed by atoms with E-state index in [1.165, 1.54) is 12.1 Å². The molecule has 0 aliphatic rings. The van der Waals surface area contributed by atoms with Crippen molar-refractivity contribution in [2.45, 2.75) is 6.92 Å². The van der Waals surface area contributed by atoms with Gasteiger partial charge in [0.1, 0.15) is 11.5 Å². The van der Waals surface area contributed by atoms with Crippen LogP contribution in [0.1, 0.15) is 12.5 Å². The molecule has 4 heteroatoms. The summed E-state index contributed by atoms with van der Waals surface area (Å²) in [7, 11) is 0. The minimum atomic E-state index is -0.435. The molecule has 0 aliphatic heterocycles. The van der Waals surface area contributed by atoms with Crippen LogP contribution in [0.15, 0.2) is 48.5 Å². The zero-order valence-electron chi connectivity index (χ0n) is 9.87. The molecule has 2 aromatic rings. The van der Waals surface area contributed by atoms with Crippen LogP contribution in [0.4, 0.5) is 5.69 Å². The number of rotatable bonds is 4. The Labute approximate surface area is 105 Å². The first-order chi connectivity index (χ1) is 8.69. The second-order valence-electron chi connectivity index (χ2n) is 3.71. The van der Waals surface area contributed by atoms with Gasteiger partial charge < -0.3 is 4.74 Å². The average Bonchev–Trinajstić information content (AvgIpc) is 2.40. The monoisotopic (exact) mass is 242 g/mol. The van der Waals surface area contributed by atoms with Gasteiger partial charge in [-0.25, -0.2) is 0 Å². The van der Waals surface area contributed by atoms with E-state index >= 15 is 0 Å². The number of nitro groups is 1. The second kappa shape index (κ2) is 5.31. The number of nitrogens with zero attached hydrogens (tertiary/aromatic N) is 1. The van der Waals surface area contributed by atoms with Crippen molar-refractivity contribution in [1.82, 2.24) is 0 Å². The lowest BCUT2D eigenvalue weighted by atomic mass is 10.2. The molecular weight excluding hydrogens is 230 g/mol. The van der Waals surface area contributed by atoms with E-state index in [4.69, 9.17) is 4.74 Å². The van der Waals surface area contributed by atoms with E-state index in [1.807, 2.05) is 37.6 Å². The van der Waals surface area contributed by atoms with Crippen LogP contribution in [0, 0.1) is 16.5 Å². The Bertz CT molecular complexity index is 532. The van der Waals surface area contributed by atoms with Crippen molar-refractivity contribution in [1.29, 1.82) is 0 Å². The van der Waals surface area contributed by atoms with E-state index in [9.17, 15) is 10.1 Å². The van der Waals surface area contributed by atoms with Gasteiger partial charge in [-0.3, -0.25) is 10.1 Å². The normalized spacial score (nSPS) is 10.1. The molecule has 0 unspecified atom stereocenters. The summed E-state index contributed by atoms with van der Waals surface area (Å²) in [6.07, 6.45) is 2.00. The lowest BCUT2D eigenvalue weighted by molar-refractivity contribution is -0.384. The Hall–Kier alpha value is -2.36. The summed E-state index contributed by atoms with van der Waals surface area (Å²) in [4.78, 5) is 10.1. The lowest BCUT2D eigenvalue weighted by Crippen LogP contribution is -1.88. The Morgan fingerprint density at radius 1 is 1.00 bits per heavy atom. The van der Waals surface area contributed by atoms with E-state index in [2.05, 4.69) is 0 Å². The second-order valence-corrected chi connectivity index (χ2v) is 3.71. The van der Waals surface area contributed by atoms with E-state index in [0.29, 0.717) is 11.5 Å². The summed E-state index contributed by atoms with van der Waals surface area (Å²) in [6, 6.07) is 13.6. The van der Waals surface area contributed by atoms with Gasteiger partial charge in [-0.1, -0.05) is 19.1 Å². The van der Waals surface area contributed by atoms with Gasteiger partial charge in [0.2, 0.25) is 0 Å². The highest BCUT2D eigenvalue weighted by Crippen LogP contribution is 2.24. The highest BCUT2D eigenvalue weighted by molar-refractivity contribution is 5.39. The van der Waals surface area contributed by atoms with Gasteiger partial charge in [0.05, 0.1) is 4.92 Å². The van der Waals surface area contributed by atoms with E-state index in [1.54, 1.807) is 12.1 Å². The molecule has 0 bridgehead atoms. The maximum absolute atomic E-state index is 10.5. The molecule has 4 nitrogen and oxygen atoms in total. The highest BCUT2D eigenvalue weighted by Gasteiger charge is 2.04. The van der Waals surface area contributed by atoms with Crippen molar-refractivity contribution in [3.8, 4) is 11.5 Å². The summed E-state index contributed by atoms with van der Waals surface area (Å²) < 4.78 is 5.58. The minimum absolute atomic E-state index is 0.0540. The largest absolute Gasteiger partial charge is 0.457 e. The summed E-state index contributed by atoms with van der Waals surface area (Å²) >= 11 is 0. The molecule has 91 valence electrons. The van der Waals surface area contributed by atoms with Gasteiger partial charge in [-0.2, -0.15) is 0 Å². The van der Waals surface area contributed by atoms with Crippen molar-refractivity contribution >= 4 is 5.69 Å². The van der Waals surface area contributed by atoms with Crippen molar-refractivity contribution in [3.63, 3.8) is 0 Å². The smallest absolute Gasteiger partial charge is 0.269 e. The van der Waals surface area contributed by atoms with Crippen molar-refractivity contribution in [2.75, 3.05) is 0 Å². The molecule has 0 heterocycles. The van der Waals surface area contributed by atoms with Gasteiger partial charge in [-0.15, -0.1) is 0 Å². The van der Waals surface area contributed by atoms with Crippen molar-refractivity contribution in [3.05, 3.63) is 70.6 Å². The molecule has 0 amide bonds. The number of benzene rings is 2. The fourth-order valence-corrected chi connectivity index (χ4v) is 1.50. The first-order valence-electron chi connectivity index (χ1n) is 5.51. The van der Waals surface area contributed by atoms with Crippen LogP contribution in [0.5, 0.6) is 11.5 Å². The summed E-state index contributed by atoms with van der Waals surface area (Å²) in [6.45, 7) is 1.96. The SMILES string of the molecule is C[CH]c1ccc(Oc2ccc([N+](=O)[O-])cc2)cc1. The van der Waals surface area contributed by atoms with Crippen LogP contribution in [0.3, 0.4) is 0 Å². The topological polar surface area (TPSA) is 52.4 Å². The Balaban J connectivity index is 2.10. The molecule has 1 radical (unpaired) electrons. The maximum atomic E-state index is 10.5. The van der Waals surface area contributed by atoms with Crippen LogP contribution in [0.2, 0.25) is 0 Å². The first kappa shape index (κ1) is 12.1. The predicted octanol–water partition coefficient (Wildman–Crippen LogP) is 3.96. The van der Waals surface area contributed by atoms with Crippen LogP contribution in [-0.4, -0.2) is 4.92 Å². The summed E-state index contributed by atoms with van der Waals surface area (Å²) in [5.74, 6) is 1.28. The third-order valence-electron chi connectivity index (χ3n) is 2.50. The van der Waals surface area contributed by atoms with Gasteiger partial charge in [0.15, 0.2) is 0 Å². The van der Waals surface area contributed by atoms with Crippen LogP contribution >= 0.6 is 0 Å². The molecule has 0 saturated carbocycles. The van der Waals surface area contributed by atoms with E-state index in [0.717, 1.165) is 5.56 Å². The number of hydrogen-bond acceptors (Lipinski definition) is 3. The Morgan fingerprint density at radius 3 is 1.94 bits per heavy atom. The summed E-state index contributed by atoms with van der Waals surface area (Å²) in [5, 5.41) is 10.5. The number of ether oxygens (including phenoxy) is 1. The van der Waals surface area contributed by atoms with Crippen molar-refractivity contribution in [2.24, 2.45) is 0 Å². The first-order valence-corrected chi connectivity index (χ1v) is 5.51. The van der Waals surface area contributed by atoms with Gasteiger partial charge in [0.25, 0.3) is 5.69 Å². The quantitative estimate of drug-likeness (QED) is 0.602. The third kappa shape index (κ3) is 2.85. The predicted molar refractivity (Wildman–Crippen MR) is 68.7 cm³/mol. The Kier molecular flexibility index (Phi) is 3.57. The van der Waals surface area contributed by atoms with Gasteiger partial charge >= 0.3 is 0 Å². The number of hydrogen-bond donors (Lipinski definition) is 0. The molecule has 0 aliphatic carbocycles. The molecule has 0 atom stereocenters. The molecule has 2 rings (SSSR count). The fraction of sp³-hybridized carbons (Fsp3) is 0.0714. The van der Waals surface area contributed by atoms with Crippen LogP contribution < -0.4 is 4.74 Å². The molecule has 0 N–H and O–H groups in total. The van der Waals surface area contributed by atoms with Gasteiger partial charge in [-0.05, 0) is 36.2 Å². The average molecular weight is 242 g/mol. The third-order valence-corrected chi connectivity index (χ3v) is 2.50. The van der Waals surface area contributed by atoms with E-state index < -0.39 is 4.92 Å². The molecule has 0 aromatic heterocycles. The van der Waals surface area contributed by atoms with Crippen LogP contribution in [-0.2, 0) is 0 Å². The zero-order valence-corrected chi connectivity index (χ0v) is 9.87. The fourth-order valence-electron chi connectivity index (χ4n) is 1.50. The van der Waals surface area contributed by atoms with Gasteiger partial charge in [0, 0.05) is 12.1 Å². The molecular formula is C14H12NO3. The maximum Gasteiger partial charge on any atom is 0.269 e. The highest BCUT2D eigenvalue weighted by atomic mass is 16.6. The Morgan fingerprint density at radius 2 is 1.50 bits per heavy atom. The van der Waals surface area contributed by atoms with Crippen LogP contribution in [0.25, 0.3) is 0 Å². The molecule has 0 spiro atoms.